The number of hydrogen-bond acceptors (Lipinski definition) is 5. The average molecular weight is 363 g/mol. The molecule has 7 heteroatoms. The molecule has 6 nitrogen and oxygen atoms in total. The van der Waals surface area contributed by atoms with Gasteiger partial charge in [0.25, 0.3) is 0 Å². The summed E-state index contributed by atoms with van der Waals surface area (Å²) in [5, 5.41) is 15.3. The molecular formula is C18H25N3O3S. The fourth-order valence-corrected chi connectivity index (χ4v) is 3.92. The minimum Gasteiger partial charge on any atom is -0.376 e. The molecule has 1 aliphatic rings. The zero-order chi connectivity index (χ0) is 18.3. The van der Waals surface area contributed by atoms with Crippen LogP contribution >= 0.6 is 0 Å². The summed E-state index contributed by atoms with van der Waals surface area (Å²) >= 11 is 0. The van der Waals surface area contributed by atoms with Crippen LogP contribution in [0, 0.1) is 11.3 Å². The van der Waals surface area contributed by atoms with Gasteiger partial charge >= 0.3 is 0 Å². The molecule has 0 aliphatic heterocycles. The van der Waals surface area contributed by atoms with E-state index in [0.29, 0.717) is 18.5 Å². The van der Waals surface area contributed by atoms with Crippen molar-refractivity contribution in [3.8, 4) is 6.07 Å². The number of nitrogens with one attached hydrogen (secondary N) is 2. The van der Waals surface area contributed by atoms with Gasteiger partial charge < -0.3 is 10.6 Å². The lowest BCUT2D eigenvalue weighted by Gasteiger charge is -2.26. The van der Waals surface area contributed by atoms with Gasteiger partial charge in [0.05, 0.1) is 23.3 Å². The molecule has 0 radical (unpaired) electrons. The molecular weight excluding hydrogens is 338 g/mol. The first-order chi connectivity index (χ1) is 11.9. The molecule has 0 unspecified atom stereocenters. The first kappa shape index (κ1) is 19.3. The Kier molecular flexibility index (Phi) is 6.43. The molecule has 0 heterocycles. The molecule has 1 saturated carbocycles. The van der Waals surface area contributed by atoms with E-state index in [1.54, 1.807) is 19.1 Å². The summed E-state index contributed by atoms with van der Waals surface area (Å²) in [6, 6.07) is 8.63. The Morgan fingerprint density at radius 2 is 1.76 bits per heavy atom. The first-order valence-corrected chi connectivity index (χ1v) is 10.3. The van der Waals surface area contributed by atoms with Crippen LogP contribution in [-0.4, -0.2) is 32.2 Å². The van der Waals surface area contributed by atoms with Gasteiger partial charge in [-0.25, -0.2) is 8.42 Å². The molecule has 1 fully saturated rings. The van der Waals surface area contributed by atoms with E-state index in [0.717, 1.165) is 25.7 Å². The van der Waals surface area contributed by atoms with Gasteiger partial charge in [0, 0.05) is 5.69 Å². The Bertz CT molecular complexity index is 728. The Morgan fingerprint density at radius 3 is 2.28 bits per heavy atom. The average Bonchev–Trinajstić information content (AvgIpc) is 2.86. The number of hydrogen-bond donors (Lipinski definition) is 2. The Labute approximate surface area is 149 Å². The molecule has 0 bridgehead atoms. The van der Waals surface area contributed by atoms with Crippen molar-refractivity contribution in [1.82, 2.24) is 5.32 Å². The zero-order valence-electron chi connectivity index (χ0n) is 14.5. The molecule has 0 aromatic heterocycles. The molecule has 1 aliphatic carbocycles. The summed E-state index contributed by atoms with van der Waals surface area (Å²) in [5.74, 6) is -0.174. The molecule has 0 spiro atoms. The third kappa shape index (κ3) is 5.20. The maximum atomic E-state index is 12.2. The normalized spacial score (nSPS) is 17.1. The standard InChI is InChI=1S/C18H25N3O3S/c1-2-25(23,24)16-9-7-15(8-10-16)20-13-17(22)21-18(14-19)11-5-3-4-6-12-18/h7-10,20H,2-6,11-13H2,1H3,(H,21,22). The van der Waals surface area contributed by atoms with Crippen LogP contribution in [0.5, 0.6) is 0 Å². The molecule has 2 N–H and O–H groups in total. The molecule has 1 aromatic rings. The van der Waals surface area contributed by atoms with Gasteiger partial charge in [0.2, 0.25) is 5.91 Å². The second-order valence-electron chi connectivity index (χ2n) is 6.44. The van der Waals surface area contributed by atoms with Crippen LogP contribution in [0.4, 0.5) is 5.69 Å². The van der Waals surface area contributed by atoms with E-state index in [-0.39, 0.29) is 23.1 Å². The van der Waals surface area contributed by atoms with Crippen molar-refractivity contribution in [2.75, 3.05) is 17.6 Å². The number of carbonyl (C=O) groups excluding carboxylic acids is 1. The summed E-state index contributed by atoms with van der Waals surface area (Å²) in [7, 11) is -3.22. The van der Waals surface area contributed by atoms with E-state index in [1.165, 1.54) is 12.1 Å². The highest BCUT2D eigenvalue weighted by atomic mass is 32.2. The van der Waals surface area contributed by atoms with Crippen LogP contribution < -0.4 is 10.6 Å². The zero-order valence-corrected chi connectivity index (χ0v) is 15.4. The Hall–Kier alpha value is -2.07. The predicted molar refractivity (Wildman–Crippen MR) is 96.8 cm³/mol. The van der Waals surface area contributed by atoms with E-state index < -0.39 is 15.4 Å². The van der Waals surface area contributed by atoms with Crippen molar-refractivity contribution < 1.29 is 13.2 Å². The summed E-state index contributed by atoms with van der Waals surface area (Å²) in [6.45, 7) is 1.65. The van der Waals surface area contributed by atoms with Gasteiger partial charge in [-0.15, -0.1) is 0 Å². The summed E-state index contributed by atoms with van der Waals surface area (Å²) in [4.78, 5) is 12.5. The third-order valence-electron chi connectivity index (χ3n) is 4.60. The van der Waals surface area contributed by atoms with E-state index in [4.69, 9.17) is 0 Å². The maximum absolute atomic E-state index is 12.2. The molecule has 0 atom stereocenters. The highest BCUT2D eigenvalue weighted by Gasteiger charge is 2.32. The van der Waals surface area contributed by atoms with Gasteiger partial charge in [-0.1, -0.05) is 32.6 Å². The van der Waals surface area contributed by atoms with E-state index in [2.05, 4.69) is 16.7 Å². The molecule has 1 aromatic carbocycles. The van der Waals surface area contributed by atoms with Gasteiger partial charge in [0.15, 0.2) is 9.84 Å². The molecule has 136 valence electrons. The Morgan fingerprint density at radius 1 is 1.16 bits per heavy atom. The van der Waals surface area contributed by atoms with Gasteiger partial charge in [-0.05, 0) is 37.1 Å². The second kappa shape index (κ2) is 8.34. The Balaban J connectivity index is 1.92. The van der Waals surface area contributed by atoms with Crippen molar-refractivity contribution in [2.24, 2.45) is 0 Å². The van der Waals surface area contributed by atoms with Crippen LogP contribution in [0.3, 0.4) is 0 Å². The number of rotatable bonds is 6. The van der Waals surface area contributed by atoms with Crippen molar-refractivity contribution in [3.63, 3.8) is 0 Å². The summed E-state index contributed by atoms with van der Waals surface area (Å²) < 4.78 is 23.6. The largest absolute Gasteiger partial charge is 0.376 e. The smallest absolute Gasteiger partial charge is 0.240 e. The summed E-state index contributed by atoms with van der Waals surface area (Å²) in [5.41, 5.74) is -0.0917. The highest BCUT2D eigenvalue weighted by Crippen LogP contribution is 2.26. The lowest BCUT2D eigenvalue weighted by Crippen LogP contribution is -2.48. The SMILES string of the molecule is CCS(=O)(=O)c1ccc(NCC(=O)NC2(C#N)CCCCCC2)cc1. The lowest BCUT2D eigenvalue weighted by atomic mass is 9.92. The molecule has 0 saturated heterocycles. The monoisotopic (exact) mass is 363 g/mol. The van der Waals surface area contributed by atoms with Crippen LogP contribution in [0.25, 0.3) is 0 Å². The van der Waals surface area contributed by atoms with Crippen molar-refractivity contribution >= 4 is 21.4 Å². The van der Waals surface area contributed by atoms with Crippen LogP contribution in [0.2, 0.25) is 0 Å². The number of carbonyl (C=O) groups is 1. The minimum atomic E-state index is -3.22. The number of amides is 1. The second-order valence-corrected chi connectivity index (χ2v) is 8.72. The third-order valence-corrected chi connectivity index (χ3v) is 6.35. The molecule has 25 heavy (non-hydrogen) atoms. The van der Waals surface area contributed by atoms with Gasteiger partial charge in [-0.2, -0.15) is 5.26 Å². The maximum Gasteiger partial charge on any atom is 0.240 e. The quantitative estimate of drug-likeness (QED) is 0.757. The number of nitrogens with zero attached hydrogens (tertiary/aromatic N) is 1. The summed E-state index contributed by atoms with van der Waals surface area (Å²) in [6.07, 6.45) is 5.50. The van der Waals surface area contributed by atoms with Crippen LogP contribution in [0.1, 0.15) is 45.4 Å². The van der Waals surface area contributed by atoms with Gasteiger partial charge in [0.1, 0.15) is 5.54 Å². The number of nitriles is 1. The number of sulfone groups is 1. The van der Waals surface area contributed by atoms with Crippen molar-refractivity contribution in [1.29, 1.82) is 5.26 Å². The number of benzene rings is 1. The predicted octanol–water partition coefficient (Wildman–Crippen LogP) is 2.62. The molecule has 1 amide bonds. The molecule has 2 rings (SSSR count). The van der Waals surface area contributed by atoms with Crippen molar-refractivity contribution in [3.05, 3.63) is 24.3 Å². The topological polar surface area (TPSA) is 99.1 Å². The minimum absolute atomic E-state index is 0.0449. The van der Waals surface area contributed by atoms with Gasteiger partial charge in [-0.3, -0.25) is 4.79 Å². The fourth-order valence-electron chi connectivity index (χ4n) is 3.04. The first-order valence-electron chi connectivity index (χ1n) is 8.70. The van der Waals surface area contributed by atoms with E-state index in [1.807, 2.05) is 0 Å². The van der Waals surface area contributed by atoms with E-state index in [9.17, 15) is 18.5 Å². The highest BCUT2D eigenvalue weighted by molar-refractivity contribution is 7.91. The van der Waals surface area contributed by atoms with Crippen LogP contribution in [0.15, 0.2) is 29.2 Å². The van der Waals surface area contributed by atoms with Crippen molar-refractivity contribution in [2.45, 2.75) is 55.9 Å². The fraction of sp³-hybridized carbons (Fsp3) is 0.556. The lowest BCUT2D eigenvalue weighted by molar-refractivity contribution is -0.120. The number of anilines is 1. The van der Waals surface area contributed by atoms with E-state index >= 15 is 0 Å². The van der Waals surface area contributed by atoms with Crippen LogP contribution in [-0.2, 0) is 14.6 Å².